The molecular formula is C29H20Cl4N4O4. The lowest BCUT2D eigenvalue weighted by Crippen LogP contribution is -2.19. The molecule has 1 aromatic heterocycles. The minimum absolute atomic E-state index is 0.000240. The number of nitrogens with zero attached hydrogens (tertiary/aromatic N) is 2. The van der Waals surface area contributed by atoms with Crippen LogP contribution in [0.2, 0.25) is 20.1 Å². The van der Waals surface area contributed by atoms with E-state index in [9.17, 15) is 9.59 Å². The van der Waals surface area contributed by atoms with Crippen molar-refractivity contribution in [3.8, 4) is 11.6 Å². The van der Waals surface area contributed by atoms with Gasteiger partial charge in [0, 0.05) is 11.4 Å². The van der Waals surface area contributed by atoms with Crippen LogP contribution in [0.3, 0.4) is 0 Å². The zero-order chi connectivity index (χ0) is 29.1. The number of amides is 2. The average Bonchev–Trinajstić information content (AvgIpc) is 3.26. The SMILES string of the molecule is COc1ccc(NC(=O)Nc2ccc3c(c2)c(OC(=O)c2c(Cl)cccc2Cl)nn3Cc2ccc(Cl)c(Cl)c2)cc1. The van der Waals surface area contributed by atoms with Gasteiger partial charge in [0.2, 0.25) is 5.88 Å². The van der Waals surface area contributed by atoms with Crippen LogP contribution in [0.5, 0.6) is 11.6 Å². The Morgan fingerprint density at radius 3 is 2.17 bits per heavy atom. The normalized spacial score (nSPS) is 10.9. The van der Waals surface area contributed by atoms with Crippen LogP contribution in [-0.4, -0.2) is 28.9 Å². The van der Waals surface area contributed by atoms with Gasteiger partial charge in [-0.15, -0.1) is 5.10 Å². The molecule has 0 spiro atoms. The Hall–Kier alpha value is -3.95. The fourth-order valence-corrected chi connectivity index (χ4v) is 4.91. The molecule has 2 amide bonds. The first-order valence-corrected chi connectivity index (χ1v) is 13.6. The highest BCUT2D eigenvalue weighted by Crippen LogP contribution is 2.32. The molecule has 0 bridgehead atoms. The van der Waals surface area contributed by atoms with Crippen LogP contribution in [-0.2, 0) is 6.54 Å². The first kappa shape index (κ1) is 28.6. The number of carbonyl (C=O) groups is 2. The summed E-state index contributed by atoms with van der Waals surface area (Å²) in [5.41, 5.74) is 2.47. The number of fused-ring (bicyclic) bond motifs is 1. The average molecular weight is 630 g/mol. The third-order valence-electron chi connectivity index (χ3n) is 5.99. The van der Waals surface area contributed by atoms with E-state index in [1.54, 1.807) is 72.5 Å². The second kappa shape index (κ2) is 12.3. The third kappa shape index (κ3) is 6.52. The molecule has 2 N–H and O–H groups in total. The molecule has 1 heterocycles. The van der Waals surface area contributed by atoms with E-state index in [0.717, 1.165) is 5.56 Å². The highest BCUT2D eigenvalue weighted by molar-refractivity contribution is 6.42. The van der Waals surface area contributed by atoms with Crippen LogP contribution in [0.15, 0.2) is 78.9 Å². The van der Waals surface area contributed by atoms with E-state index >= 15 is 0 Å². The molecule has 0 unspecified atom stereocenters. The van der Waals surface area contributed by atoms with E-state index in [2.05, 4.69) is 15.7 Å². The van der Waals surface area contributed by atoms with Crippen molar-refractivity contribution in [2.45, 2.75) is 6.54 Å². The van der Waals surface area contributed by atoms with Gasteiger partial charge in [-0.2, -0.15) is 0 Å². The van der Waals surface area contributed by atoms with Gasteiger partial charge in [-0.25, -0.2) is 9.59 Å². The van der Waals surface area contributed by atoms with E-state index in [0.29, 0.717) is 44.6 Å². The summed E-state index contributed by atoms with van der Waals surface area (Å²) in [5.74, 6) is -0.114. The van der Waals surface area contributed by atoms with Gasteiger partial charge in [0.15, 0.2) is 0 Å². The summed E-state index contributed by atoms with van der Waals surface area (Å²) in [6, 6.07) is 21.5. The zero-order valence-corrected chi connectivity index (χ0v) is 24.3. The largest absolute Gasteiger partial charge is 0.497 e. The molecule has 5 rings (SSSR count). The number of carbonyl (C=O) groups excluding carboxylic acids is 2. The number of ether oxygens (including phenoxy) is 2. The lowest BCUT2D eigenvalue weighted by molar-refractivity contribution is 0.0729. The molecular weight excluding hydrogens is 610 g/mol. The molecule has 12 heteroatoms. The molecule has 208 valence electrons. The van der Waals surface area contributed by atoms with E-state index in [-0.39, 0.29) is 21.5 Å². The second-order valence-electron chi connectivity index (χ2n) is 8.74. The van der Waals surface area contributed by atoms with Crippen molar-refractivity contribution < 1.29 is 19.1 Å². The number of hydrogen-bond acceptors (Lipinski definition) is 5. The summed E-state index contributed by atoms with van der Waals surface area (Å²) in [4.78, 5) is 25.8. The van der Waals surface area contributed by atoms with E-state index in [1.807, 2.05) is 6.07 Å². The maximum absolute atomic E-state index is 13.1. The Labute approximate surface area is 254 Å². The Balaban J connectivity index is 1.46. The van der Waals surface area contributed by atoms with Crippen molar-refractivity contribution in [2.24, 2.45) is 0 Å². The van der Waals surface area contributed by atoms with Crippen molar-refractivity contribution in [2.75, 3.05) is 17.7 Å². The Kier molecular flexibility index (Phi) is 8.56. The van der Waals surface area contributed by atoms with Crippen molar-refractivity contribution in [3.05, 3.63) is 110 Å². The fraction of sp³-hybridized carbons (Fsp3) is 0.0690. The van der Waals surface area contributed by atoms with Crippen molar-refractivity contribution >= 4 is 80.7 Å². The van der Waals surface area contributed by atoms with Gasteiger partial charge in [0.1, 0.15) is 5.75 Å². The maximum Gasteiger partial charge on any atom is 0.347 e. The number of nitrogens with one attached hydrogen (secondary N) is 2. The highest BCUT2D eigenvalue weighted by atomic mass is 35.5. The number of anilines is 2. The summed E-state index contributed by atoms with van der Waals surface area (Å²) < 4.78 is 12.5. The molecule has 0 fully saturated rings. The molecule has 0 saturated heterocycles. The number of aromatic nitrogens is 2. The maximum atomic E-state index is 13.1. The quantitative estimate of drug-likeness (QED) is 0.176. The standard InChI is InChI=1S/C29H20Cl4N4O4/c1-40-19-9-6-17(7-10-19)34-29(39)35-18-8-12-25-20(14-18)27(41-28(38)26-22(31)3-2-4-23(26)32)36-37(25)15-16-5-11-21(30)24(33)13-16/h2-14H,15H2,1H3,(H2,34,35,39). The minimum Gasteiger partial charge on any atom is -0.497 e. The number of methoxy groups -OCH3 is 1. The first-order valence-electron chi connectivity index (χ1n) is 12.0. The molecule has 0 aliphatic heterocycles. The summed E-state index contributed by atoms with van der Waals surface area (Å²) in [7, 11) is 1.56. The number of rotatable bonds is 7. The first-order chi connectivity index (χ1) is 19.7. The van der Waals surface area contributed by atoms with Crippen LogP contribution < -0.4 is 20.1 Å². The molecule has 0 atom stereocenters. The molecule has 0 aliphatic rings. The number of hydrogen-bond donors (Lipinski definition) is 2. The van der Waals surface area contributed by atoms with Gasteiger partial charge < -0.3 is 20.1 Å². The fourth-order valence-electron chi connectivity index (χ4n) is 4.03. The molecule has 5 aromatic rings. The predicted molar refractivity (Wildman–Crippen MR) is 162 cm³/mol. The van der Waals surface area contributed by atoms with Crippen LogP contribution in [0.4, 0.5) is 16.2 Å². The van der Waals surface area contributed by atoms with Crippen LogP contribution >= 0.6 is 46.4 Å². The van der Waals surface area contributed by atoms with Gasteiger partial charge in [-0.3, -0.25) is 4.68 Å². The molecule has 0 aliphatic carbocycles. The lowest BCUT2D eigenvalue weighted by atomic mass is 10.2. The number of halogens is 4. The van der Waals surface area contributed by atoms with Crippen LogP contribution in [0, 0.1) is 0 Å². The van der Waals surface area contributed by atoms with Gasteiger partial charge in [-0.1, -0.05) is 58.5 Å². The molecule has 8 nitrogen and oxygen atoms in total. The topological polar surface area (TPSA) is 94.5 Å². The predicted octanol–water partition coefficient (Wildman–Crippen LogP) is 8.57. The smallest absolute Gasteiger partial charge is 0.347 e. The molecule has 0 saturated carbocycles. The highest BCUT2D eigenvalue weighted by Gasteiger charge is 2.21. The number of urea groups is 1. The number of benzene rings is 4. The third-order valence-corrected chi connectivity index (χ3v) is 7.36. The van der Waals surface area contributed by atoms with Crippen LogP contribution in [0.1, 0.15) is 15.9 Å². The summed E-state index contributed by atoms with van der Waals surface area (Å²) in [6.45, 7) is 0.294. The van der Waals surface area contributed by atoms with Gasteiger partial charge in [-0.05, 0) is 72.3 Å². The van der Waals surface area contributed by atoms with Crippen LogP contribution in [0.25, 0.3) is 10.9 Å². The van der Waals surface area contributed by atoms with Crippen molar-refractivity contribution in [1.82, 2.24) is 9.78 Å². The Morgan fingerprint density at radius 1 is 0.805 bits per heavy atom. The lowest BCUT2D eigenvalue weighted by Gasteiger charge is -2.09. The Morgan fingerprint density at radius 2 is 1.49 bits per heavy atom. The molecule has 41 heavy (non-hydrogen) atoms. The van der Waals surface area contributed by atoms with Gasteiger partial charge in [0.05, 0.1) is 50.2 Å². The van der Waals surface area contributed by atoms with Gasteiger partial charge >= 0.3 is 12.0 Å². The summed E-state index contributed by atoms with van der Waals surface area (Å²) in [6.07, 6.45) is 0. The van der Waals surface area contributed by atoms with Gasteiger partial charge in [0.25, 0.3) is 0 Å². The molecule has 0 radical (unpaired) electrons. The summed E-state index contributed by atoms with van der Waals surface area (Å²) >= 11 is 24.7. The minimum atomic E-state index is -0.780. The van der Waals surface area contributed by atoms with E-state index < -0.39 is 12.0 Å². The second-order valence-corrected chi connectivity index (χ2v) is 10.4. The molecule has 4 aromatic carbocycles. The van der Waals surface area contributed by atoms with E-state index in [1.165, 1.54) is 12.1 Å². The van der Waals surface area contributed by atoms with Crippen molar-refractivity contribution in [3.63, 3.8) is 0 Å². The van der Waals surface area contributed by atoms with Crippen molar-refractivity contribution in [1.29, 1.82) is 0 Å². The zero-order valence-electron chi connectivity index (χ0n) is 21.3. The Bertz CT molecular complexity index is 1750. The monoisotopic (exact) mass is 628 g/mol. The summed E-state index contributed by atoms with van der Waals surface area (Å²) in [5, 5.41) is 11.6. The number of esters is 1. The van der Waals surface area contributed by atoms with E-state index in [4.69, 9.17) is 55.9 Å².